The van der Waals surface area contributed by atoms with Crippen molar-refractivity contribution < 1.29 is 9.53 Å². The van der Waals surface area contributed by atoms with E-state index in [-0.39, 0.29) is 17.9 Å². The van der Waals surface area contributed by atoms with Crippen LogP contribution in [0.15, 0.2) is 24.3 Å². The molecule has 3 heteroatoms. The molecule has 0 bridgehead atoms. The SMILES string of the molecule is COc1ccc([C@H](CC(C)C)NC(=O)C2CCCCC2)cc1. The summed E-state index contributed by atoms with van der Waals surface area (Å²) in [6.45, 7) is 4.40. The van der Waals surface area contributed by atoms with Gasteiger partial charge in [-0.25, -0.2) is 0 Å². The molecule has 1 atom stereocenters. The molecule has 22 heavy (non-hydrogen) atoms. The molecule has 122 valence electrons. The highest BCUT2D eigenvalue weighted by molar-refractivity contribution is 5.79. The molecule has 0 spiro atoms. The van der Waals surface area contributed by atoms with Crippen LogP contribution < -0.4 is 10.1 Å². The van der Waals surface area contributed by atoms with Crippen LogP contribution in [-0.4, -0.2) is 13.0 Å². The number of amides is 1. The fraction of sp³-hybridized carbons (Fsp3) is 0.632. The molecule has 1 aromatic carbocycles. The van der Waals surface area contributed by atoms with Gasteiger partial charge in [0, 0.05) is 5.92 Å². The first kappa shape index (κ1) is 16.9. The molecule has 0 unspecified atom stereocenters. The van der Waals surface area contributed by atoms with Gasteiger partial charge in [-0.3, -0.25) is 4.79 Å². The lowest BCUT2D eigenvalue weighted by Gasteiger charge is -2.26. The molecule has 0 aliphatic heterocycles. The Morgan fingerprint density at radius 2 is 1.82 bits per heavy atom. The molecule has 0 heterocycles. The average molecular weight is 303 g/mol. The zero-order valence-corrected chi connectivity index (χ0v) is 14.1. The van der Waals surface area contributed by atoms with Crippen molar-refractivity contribution in [3.8, 4) is 5.75 Å². The lowest BCUT2D eigenvalue weighted by molar-refractivity contribution is -0.126. The Hall–Kier alpha value is -1.51. The summed E-state index contributed by atoms with van der Waals surface area (Å²) in [7, 11) is 1.67. The Labute approximate surface area is 134 Å². The van der Waals surface area contributed by atoms with Gasteiger partial charge in [-0.15, -0.1) is 0 Å². The van der Waals surface area contributed by atoms with Crippen LogP contribution in [0.5, 0.6) is 5.75 Å². The summed E-state index contributed by atoms with van der Waals surface area (Å²) in [4.78, 5) is 12.6. The molecule has 0 radical (unpaired) electrons. The van der Waals surface area contributed by atoms with Crippen LogP contribution in [-0.2, 0) is 4.79 Å². The third kappa shape index (κ3) is 4.75. The number of hydrogen-bond acceptors (Lipinski definition) is 2. The highest BCUT2D eigenvalue weighted by Gasteiger charge is 2.24. The van der Waals surface area contributed by atoms with Crippen molar-refractivity contribution in [3.05, 3.63) is 29.8 Å². The molecule has 1 aromatic rings. The fourth-order valence-corrected chi connectivity index (χ4v) is 3.24. The molecule has 1 N–H and O–H groups in total. The second-order valence-electron chi connectivity index (χ2n) is 6.80. The molecular formula is C19H29NO2. The van der Waals surface area contributed by atoms with E-state index in [1.54, 1.807) is 7.11 Å². The van der Waals surface area contributed by atoms with Crippen molar-refractivity contribution in [3.63, 3.8) is 0 Å². The minimum Gasteiger partial charge on any atom is -0.497 e. The molecule has 3 nitrogen and oxygen atoms in total. The van der Waals surface area contributed by atoms with E-state index >= 15 is 0 Å². The maximum atomic E-state index is 12.6. The molecule has 1 aliphatic rings. The minimum atomic E-state index is 0.0975. The normalized spacial score (nSPS) is 17.3. The molecule has 1 aliphatic carbocycles. The van der Waals surface area contributed by atoms with Gasteiger partial charge in [0.25, 0.3) is 0 Å². The Bertz CT molecular complexity index is 461. The first-order valence-corrected chi connectivity index (χ1v) is 8.54. The molecule has 1 amide bonds. The highest BCUT2D eigenvalue weighted by atomic mass is 16.5. The third-order valence-electron chi connectivity index (χ3n) is 4.52. The van der Waals surface area contributed by atoms with Crippen LogP contribution in [0.1, 0.15) is 64.0 Å². The van der Waals surface area contributed by atoms with Gasteiger partial charge < -0.3 is 10.1 Å². The molecular weight excluding hydrogens is 274 g/mol. The van der Waals surface area contributed by atoms with E-state index in [1.165, 1.54) is 24.8 Å². The van der Waals surface area contributed by atoms with Gasteiger partial charge in [-0.05, 0) is 42.9 Å². The van der Waals surface area contributed by atoms with Gasteiger partial charge in [0.2, 0.25) is 5.91 Å². The number of methoxy groups -OCH3 is 1. The van der Waals surface area contributed by atoms with Gasteiger partial charge >= 0.3 is 0 Å². The van der Waals surface area contributed by atoms with Crippen molar-refractivity contribution in [1.82, 2.24) is 5.32 Å². The van der Waals surface area contributed by atoms with Crippen molar-refractivity contribution >= 4 is 5.91 Å². The Morgan fingerprint density at radius 1 is 1.18 bits per heavy atom. The topological polar surface area (TPSA) is 38.3 Å². The summed E-state index contributed by atoms with van der Waals surface area (Å²) < 4.78 is 5.22. The quantitative estimate of drug-likeness (QED) is 0.841. The van der Waals surface area contributed by atoms with Crippen LogP contribution in [0.2, 0.25) is 0 Å². The van der Waals surface area contributed by atoms with E-state index in [0.717, 1.165) is 25.0 Å². The van der Waals surface area contributed by atoms with Gasteiger partial charge in [0.15, 0.2) is 0 Å². The van der Waals surface area contributed by atoms with Crippen LogP contribution in [0.4, 0.5) is 0 Å². The van der Waals surface area contributed by atoms with Crippen molar-refractivity contribution in [2.75, 3.05) is 7.11 Å². The van der Waals surface area contributed by atoms with E-state index in [0.29, 0.717) is 5.92 Å². The highest BCUT2D eigenvalue weighted by Crippen LogP contribution is 2.27. The van der Waals surface area contributed by atoms with Crippen LogP contribution in [0.3, 0.4) is 0 Å². The number of carbonyl (C=O) groups excluding carboxylic acids is 1. The number of hydrogen-bond donors (Lipinski definition) is 1. The van der Waals surface area contributed by atoms with Crippen molar-refractivity contribution in [1.29, 1.82) is 0 Å². The molecule has 2 rings (SSSR count). The largest absolute Gasteiger partial charge is 0.497 e. The number of rotatable bonds is 6. The third-order valence-corrected chi connectivity index (χ3v) is 4.52. The van der Waals surface area contributed by atoms with Crippen molar-refractivity contribution in [2.24, 2.45) is 11.8 Å². The molecule has 1 fully saturated rings. The maximum absolute atomic E-state index is 12.6. The summed E-state index contributed by atoms with van der Waals surface area (Å²) >= 11 is 0. The summed E-state index contributed by atoms with van der Waals surface area (Å²) in [6.07, 6.45) is 6.71. The summed E-state index contributed by atoms with van der Waals surface area (Å²) in [5.74, 6) is 1.84. The van der Waals surface area contributed by atoms with Crippen LogP contribution >= 0.6 is 0 Å². The van der Waals surface area contributed by atoms with E-state index in [1.807, 2.05) is 12.1 Å². The van der Waals surface area contributed by atoms with Crippen molar-refractivity contribution in [2.45, 2.75) is 58.4 Å². The Balaban J connectivity index is 2.05. The van der Waals surface area contributed by atoms with E-state index in [9.17, 15) is 4.79 Å². The second-order valence-corrected chi connectivity index (χ2v) is 6.80. The average Bonchev–Trinajstić information content (AvgIpc) is 2.54. The second kappa shape index (κ2) is 8.21. The first-order valence-electron chi connectivity index (χ1n) is 8.54. The van der Waals surface area contributed by atoms with Gasteiger partial charge in [0.1, 0.15) is 5.75 Å². The lowest BCUT2D eigenvalue weighted by atomic mass is 9.88. The number of benzene rings is 1. The first-order chi connectivity index (χ1) is 10.6. The summed E-state index contributed by atoms with van der Waals surface area (Å²) in [5.41, 5.74) is 1.17. The minimum absolute atomic E-state index is 0.0975. The van der Waals surface area contributed by atoms with Crippen LogP contribution in [0.25, 0.3) is 0 Å². The zero-order chi connectivity index (χ0) is 15.9. The maximum Gasteiger partial charge on any atom is 0.223 e. The lowest BCUT2D eigenvalue weighted by Crippen LogP contribution is -2.35. The smallest absolute Gasteiger partial charge is 0.223 e. The van der Waals surface area contributed by atoms with Crippen LogP contribution in [0, 0.1) is 11.8 Å². The number of nitrogens with one attached hydrogen (secondary N) is 1. The zero-order valence-electron chi connectivity index (χ0n) is 14.1. The molecule has 0 saturated heterocycles. The Morgan fingerprint density at radius 3 is 2.36 bits per heavy atom. The van der Waals surface area contributed by atoms with E-state index in [4.69, 9.17) is 4.74 Å². The monoisotopic (exact) mass is 303 g/mol. The number of ether oxygens (including phenoxy) is 1. The van der Waals surface area contributed by atoms with Gasteiger partial charge in [-0.1, -0.05) is 45.2 Å². The van der Waals surface area contributed by atoms with E-state index in [2.05, 4.69) is 31.3 Å². The van der Waals surface area contributed by atoms with E-state index < -0.39 is 0 Å². The summed E-state index contributed by atoms with van der Waals surface area (Å²) in [5, 5.41) is 3.29. The van der Waals surface area contributed by atoms with Gasteiger partial charge in [0.05, 0.1) is 13.2 Å². The molecule has 1 saturated carbocycles. The standard InChI is InChI=1S/C19H29NO2/c1-14(2)13-18(15-9-11-17(22-3)12-10-15)20-19(21)16-7-5-4-6-8-16/h9-12,14,16,18H,4-8,13H2,1-3H3,(H,20,21)/t18-/m0/s1. The molecule has 0 aromatic heterocycles. The fourth-order valence-electron chi connectivity index (χ4n) is 3.24. The Kier molecular flexibility index (Phi) is 6.29. The van der Waals surface area contributed by atoms with Gasteiger partial charge in [-0.2, -0.15) is 0 Å². The predicted molar refractivity (Wildman–Crippen MR) is 89.9 cm³/mol. The number of carbonyl (C=O) groups is 1. The predicted octanol–water partition coefficient (Wildman–Crippen LogP) is 4.48. The summed E-state index contributed by atoms with van der Waals surface area (Å²) in [6, 6.07) is 8.16.